The molecule has 0 unspecified atom stereocenters. The topological polar surface area (TPSA) is 73.5 Å². The van der Waals surface area contributed by atoms with E-state index in [0.29, 0.717) is 22.6 Å². The summed E-state index contributed by atoms with van der Waals surface area (Å²) < 4.78 is 18.4. The fourth-order valence-electron chi connectivity index (χ4n) is 3.35. The highest BCUT2D eigenvalue weighted by Crippen LogP contribution is 2.35. The molecule has 6 nitrogen and oxygen atoms in total. The summed E-state index contributed by atoms with van der Waals surface area (Å²) in [4.78, 5) is 12.7. The highest BCUT2D eigenvalue weighted by Gasteiger charge is 2.19. The van der Waals surface area contributed by atoms with E-state index in [2.05, 4.69) is 6.07 Å². The number of hydrogen-bond acceptors (Lipinski definition) is 5. The maximum atomic E-state index is 12.7. The van der Waals surface area contributed by atoms with Gasteiger partial charge >= 0.3 is 0 Å². The van der Waals surface area contributed by atoms with Crippen LogP contribution in [0.5, 0.6) is 17.2 Å². The molecule has 0 radical (unpaired) electrons. The van der Waals surface area contributed by atoms with Crippen molar-refractivity contribution < 1.29 is 19.0 Å². The molecule has 0 saturated carbocycles. The quantitative estimate of drug-likeness (QED) is 0.632. The van der Waals surface area contributed by atoms with Crippen LogP contribution in [0.25, 0.3) is 5.69 Å². The molecule has 0 N–H and O–H groups in total. The third-order valence-corrected chi connectivity index (χ3v) is 4.68. The summed E-state index contributed by atoms with van der Waals surface area (Å²) in [5.41, 5.74) is 3.76. The molecule has 0 fully saturated rings. The molecule has 2 aromatic carbocycles. The Labute approximate surface area is 162 Å². The molecule has 4 rings (SSSR count). The lowest BCUT2D eigenvalue weighted by molar-refractivity contribution is 0.0921. The molecular weight excluding hydrogens is 356 g/mol. The number of carbonyl (C=O) groups is 1. The van der Waals surface area contributed by atoms with Crippen molar-refractivity contribution in [2.24, 2.45) is 0 Å². The van der Waals surface area contributed by atoms with Crippen LogP contribution < -0.4 is 14.2 Å². The molecule has 3 aromatic rings. The van der Waals surface area contributed by atoms with Crippen molar-refractivity contribution in [1.82, 2.24) is 4.57 Å². The largest absolute Gasteiger partial charge is 0.485 e. The van der Waals surface area contributed by atoms with Crippen molar-refractivity contribution in [2.75, 3.05) is 13.4 Å². The lowest BCUT2D eigenvalue weighted by Gasteiger charge is -2.11. The Morgan fingerprint density at radius 2 is 1.96 bits per heavy atom. The van der Waals surface area contributed by atoms with Gasteiger partial charge in [-0.15, -0.1) is 0 Å². The lowest BCUT2D eigenvalue weighted by atomic mass is 10.1. The van der Waals surface area contributed by atoms with Gasteiger partial charge in [-0.25, -0.2) is 0 Å². The molecule has 0 atom stereocenters. The summed E-state index contributed by atoms with van der Waals surface area (Å²) in [5.74, 6) is 1.79. The smallest absolute Gasteiger partial charge is 0.231 e. The van der Waals surface area contributed by atoms with Crippen molar-refractivity contribution in [3.63, 3.8) is 0 Å². The number of aryl methyl sites for hydroxylation is 1. The molecule has 6 heteroatoms. The monoisotopic (exact) mass is 374 g/mol. The van der Waals surface area contributed by atoms with E-state index in [1.165, 1.54) is 0 Å². The van der Waals surface area contributed by atoms with Crippen LogP contribution in [0.2, 0.25) is 0 Å². The highest BCUT2D eigenvalue weighted by molar-refractivity contribution is 5.98. The number of nitrogens with zero attached hydrogens (tertiary/aromatic N) is 2. The first-order chi connectivity index (χ1) is 13.6. The molecule has 0 amide bonds. The molecule has 0 saturated heterocycles. The minimum Gasteiger partial charge on any atom is -0.485 e. The number of hydrogen-bond donors (Lipinski definition) is 0. The number of aromatic nitrogens is 1. The van der Waals surface area contributed by atoms with E-state index >= 15 is 0 Å². The van der Waals surface area contributed by atoms with Gasteiger partial charge in [0, 0.05) is 28.7 Å². The van der Waals surface area contributed by atoms with Gasteiger partial charge in [0.2, 0.25) is 12.6 Å². The molecular formula is C22H18N2O4. The average Bonchev–Trinajstić information content (AvgIpc) is 3.29. The Morgan fingerprint density at radius 3 is 2.79 bits per heavy atom. The van der Waals surface area contributed by atoms with Gasteiger partial charge in [-0.1, -0.05) is 6.07 Å². The maximum absolute atomic E-state index is 12.7. The number of benzene rings is 2. The standard InChI is InChI=1S/C22H18N2O4/c1-14-8-19(20(25)12-26-18-5-3-4-16(9-18)11-23)15(2)24(14)17-6-7-21-22(10-17)28-13-27-21/h3-10H,12-13H2,1-2H3. The van der Waals surface area contributed by atoms with Crippen molar-refractivity contribution in [1.29, 1.82) is 5.26 Å². The van der Waals surface area contributed by atoms with Gasteiger partial charge < -0.3 is 18.8 Å². The second kappa shape index (κ2) is 7.12. The zero-order valence-corrected chi connectivity index (χ0v) is 15.6. The first-order valence-electron chi connectivity index (χ1n) is 8.82. The van der Waals surface area contributed by atoms with Gasteiger partial charge in [0.05, 0.1) is 11.6 Å². The number of ketones is 1. The van der Waals surface area contributed by atoms with E-state index in [4.69, 9.17) is 19.5 Å². The Bertz CT molecular complexity index is 1110. The fraction of sp³-hybridized carbons (Fsp3) is 0.182. The number of rotatable bonds is 5. The van der Waals surface area contributed by atoms with Crippen molar-refractivity contribution in [3.05, 3.63) is 71.0 Å². The second-order valence-corrected chi connectivity index (χ2v) is 6.51. The Kier molecular flexibility index (Phi) is 4.50. The van der Waals surface area contributed by atoms with E-state index in [9.17, 15) is 4.79 Å². The van der Waals surface area contributed by atoms with E-state index in [1.807, 2.05) is 42.7 Å². The van der Waals surface area contributed by atoms with Crippen LogP contribution in [0.15, 0.2) is 48.5 Å². The molecule has 28 heavy (non-hydrogen) atoms. The van der Waals surface area contributed by atoms with E-state index in [0.717, 1.165) is 22.8 Å². The summed E-state index contributed by atoms with van der Waals surface area (Å²) in [6.45, 7) is 3.98. The number of Topliss-reactive ketones (excluding diaryl/α,β-unsaturated/α-hetero) is 1. The Balaban J connectivity index is 1.56. The van der Waals surface area contributed by atoms with Crippen molar-refractivity contribution in [2.45, 2.75) is 13.8 Å². The number of fused-ring (bicyclic) bond motifs is 1. The summed E-state index contributed by atoms with van der Waals surface area (Å²) in [5, 5.41) is 8.96. The number of ether oxygens (including phenoxy) is 3. The first kappa shape index (κ1) is 17.7. The summed E-state index contributed by atoms with van der Waals surface area (Å²) in [7, 11) is 0. The van der Waals surface area contributed by atoms with Crippen molar-refractivity contribution >= 4 is 5.78 Å². The SMILES string of the molecule is Cc1cc(C(=O)COc2cccc(C#N)c2)c(C)n1-c1ccc2c(c1)OCO2. The van der Waals surface area contributed by atoms with Gasteiger partial charge in [0.1, 0.15) is 5.75 Å². The van der Waals surface area contributed by atoms with Crippen LogP contribution in [-0.4, -0.2) is 23.8 Å². The number of carbonyl (C=O) groups excluding carboxylic acids is 1. The van der Waals surface area contributed by atoms with Crippen LogP contribution in [0.3, 0.4) is 0 Å². The minimum absolute atomic E-state index is 0.0969. The zero-order valence-electron chi connectivity index (χ0n) is 15.6. The molecule has 2 heterocycles. The van der Waals surface area contributed by atoms with Crippen molar-refractivity contribution in [3.8, 4) is 29.0 Å². The van der Waals surface area contributed by atoms with Gasteiger partial charge in [-0.2, -0.15) is 5.26 Å². The highest BCUT2D eigenvalue weighted by atomic mass is 16.7. The predicted octanol–water partition coefficient (Wildman–Crippen LogP) is 3.96. The molecule has 0 aliphatic carbocycles. The van der Waals surface area contributed by atoms with Gasteiger partial charge in [-0.3, -0.25) is 4.79 Å². The van der Waals surface area contributed by atoms with Crippen LogP contribution in [0.4, 0.5) is 0 Å². The van der Waals surface area contributed by atoms with Crippen LogP contribution in [0, 0.1) is 25.2 Å². The number of nitriles is 1. The summed E-state index contributed by atoms with van der Waals surface area (Å²) in [6, 6.07) is 16.4. The molecule has 0 spiro atoms. The molecule has 0 bridgehead atoms. The second-order valence-electron chi connectivity index (χ2n) is 6.51. The van der Waals surface area contributed by atoms with Gasteiger partial charge in [0.25, 0.3) is 0 Å². The maximum Gasteiger partial charge on any atom is 0.231 e. The summed E-state index contributed by atoms with van der Waals surface area (Å²) >= 11 is 0. The van der Waals surface area contributed by atoms with Gasteiger partial charge in [0.15, 0.2) is 18.1 Å². The molecule has 140 valence electrons. The lowest BCUT2D eigenvalue weighted by Crippen LogP contribution is -2.12. The van der Waals surface area contributed by atoms with E-state index in [1.54, 1.807) is 24.3 Å². The average molecular weight is 374 g/mol. The van der Waals surface area contributed by atoms with Crippen LogP contribution in [-0.2, 0) is 0 Å². The normalized spacial score (nSPS) is 11.9. The minimum atomic E-state index is -0.123. The van der Waals surface area contributed by atoms with Crippen LogP contribution in [0.1, 0.15) is 27.3 Å². The zero-order chi connectivity index (χ0) is 19.7. The Morgan fingerprint density at radius 1 is 1.14 bits per heavy atom. The van der Waals surface area contributed by atoms with E-state index in [-0.39, 0.29) is 19.2 Å². The first-order valence-corrected chi connectivity index (χ1v) is 8.82. The molecule has 1 aromatic heterocycles. The summed E-state index contributed by atoms with van der Waals surface area (Å²) in [6.07, 6.45) is 0. The molecule has 1 aliphatic heterocycles. The Hall–Kier alpha value is -3.72. The molecule has 1 aliphatic rings. The van der Waals surface area contributed by atoms with Crippen LogP contribution >= 0.6 is 0 Å². The van der Waals surface area contributed by atoms with Gasteiger partial charge in [-0.05, 0) is 50.2 Å². The third kappa shape index (κ3) is 3.19. The fourth-order valence-corrected chi connectivity index (χ4v) is 3.35. The third-order valence-electron chi connectivity index (χ3n) is 4.68. The predicted molar refractivity (Wildman–Crippen MR) is 102 cm³/mol. The van der Waals surface area contributed by atoms with E-state index < -0.39 is 0 Å².